The van der Waals surface area contributed by atoms with Gasteiger partial charge in [-0.2, -0.15) is 0 Å². The van der Waals surface area contributed by atoms with E-state index in [2.05, 4.69) is 10.3 Å². The van der Waals surface area contributed by atoms with Crippen molar-refractivity contribution in [2.45, 2.75) is 6.92 Å². The van der Waals surface area contributed by atoms with Crippen molar-refractivity contribution < 1.29 is 9.72 Å². The van der Waals surface area contributed by atoms with Crippen LogP contribution in [0.2, 0.25) is 5.02 Å². The maximum Gasteiger partial charge on any atom is 0.287 e. The lowest BCUT2D eigenvalue weighted by Gasteiger charge is -2.07. The van der Waals surface area contributed by atoms with Crippen molar-refractivity contribution >= 4 is 28.9 Å². The zero-order chi connectivity index (χ0) is 14.7. The summed E-state index contributed by atoms with van der Waals surface area (Å²) < 4.78 is 0. The monoisotopic (exact) mass is 291 g/mol. The number of aryl methyl sites for hydroxylation is 1. The van der Waals surface area contributed by atoms with E-state index in [0.29, 0.717) is 11.4 Å². The predicted octanol–water partition coefficient (Wildman–Crippen LogP) is 3.20. The number of aromatic nitrogens is 1. The highest BCUT2D eigenvalue weighted by molar-refractivity contribution is 6.33. The molecule has 1 amide bonds. The van der Waals surface area contributed by atoms with Gasteiger partial charge >= 0.3 is 0 Å². The fourth-order valence-corrected chi connectivity index (χ4v) is 1.86. The highest BCUT2D eigenvalue weighted by atomic mass is 35.5. The summed E-state index contributed by atoms with van der Waals surface area (Å²) in [7, 11) is 0. The number of nitro groups is 1. The molecule has 2 rings (SSSR count). The van der Waals surface area contributed by atoms with Crippen molar-refractivity contribution in [3.05, 3.63) is 62.9 Å². The first-order valence-electron chi connectivity index (χ1n) is 5.66. The van der Waals surface area contributed by atoms with E-state index in [4.69, 9.17) is 11.6 Å². The molecule has 0 bridgehead atoms. The summed E-state index contributed by atoms with van der Waals surface area (Å²) >= 11 is 5.77. The summed E-state index contributed by atoms with van der Waals surface area (Å²) in [5.74, 6) is -0.405. The van der Waals surface area contributed by atoms with Gasteiger partial charge in [0.2, 0.25) is 0 Å². The molecule has 0 aliphatic rings. The lowest BCUT2D eigenvalue weighted by Crippen LogP contribution is -2.13. The molecule has 0 saturated heterocycles. The summed E-state index contributed by atoms with van der Waals surface area (Å²) in [6.07, 6.45) is 1.62. The number of hydrogen-bond acceptors (Lipinski definition) is 4. The van der Waals surface area contributed by atoms with Crippen LogP contribution in [0.15, 0.2) is 36.5 Å². The summed E-state index contributed by atoms with van der Waals surface area (Å²) in [5, 5.41) is 13.2. The zero-order valence-electron chi connectivity index (χ0n) is 10.5. The Bertz CT molecular complexity index is 688. The molecule has 1 N–H and O–H groups in total. The number of amides is 1. The van der Waals surface area contributed by atoms with Crippen LogP contribution in [-0.4, -0.2) is 15.8 Å². The van der Waals surface area contributed by atoms with E-state index in [1.807, 2.05) is 0 Å². The van der Waals surface area contributed by atoms with Crippen LogP contribution >= 0.6 is 11.6 Å². The average Bonchev–Trinajstić information content (AvgIpc) is 2.40. The molecule has 1 aromatic carbocycles. The molecule has 0 unspecified atom stereocenters. The van der Waals surface area contributed by atoms with Crippen molar-refractivity contribution in [3.8, 4) is 0 Å². The fraction of sp³-hybridized carbons (Fsp3) is 0.0769. The minimum Gasteiger partial charge on any atom is -0.320 e. The Morgan fingerprint density at radius 2 is 2.15 bits per heavy atom. The van der Waals surface area contributed by atoms with Gasteiger partial charge in [0.05, 0.1) is 16.3 Å². The summed E-state index contributed by atoms with van der Waals surface area (Å²) in [6.45, 7) is 1.76. The van der Waals surface area contributed by atoms with E-state index in [9.17, 15) is 14.9 Å². The molecule has 102 valence electrons. The van der Waals surface area contributed by atoms with Crippen LogP contribution in [0, 0.1) is 17.0 Å². The second-order valence-corrected chi connectivity index (χ2v) is 4.42. The SMILES string of the molecule is Cc1ncccc1NC(=O)c1ccc([N+](=O)[O-])c(Cl)c1. The molecule has 0 aliphatic carbocycles. The fourth-order valence-electron chi connectivity index (χ4n) is 1.61. The number of rotatable bonds is 3. The highest BCUT2D eigenvalue weighted by Gasteiger charge is 2.15. The largest absolute Gasteiger partial charge is 0.320 e. The summed E-state index contributed by atoms with van der Waals surface area (Å²) in [6, 6.07) is 7.23. The minimum absolute atomic E-state index is 0.0782. The van der Waals surface area contributed by atoms with Crippen LogP contribution in [-0.2, 0) is 0 Å². The van der Waals surface area contributed by atoms with E-state index in [1.165, 1.54) is 18.2 Å². The first-order valence-corrected chi connectivity index (χ1v) is 6.04. The van der Waals surface area contributed by atoms with Crippen LogP contribution in [0.5, 0.6) is 0 Å². The maximum atomic E-state index is 12.0. The van der Waals surface area contributed by atoms with Gasteiger partial charge in [-0.1, -0.05) is 11.6 Å². The molecule has 2 aromatic rings. The van der Waals surface area contributed by atoms with Gasteiger partial charge in [0.1, 0.15) is 5.02 Å². The van der Waals surface area contributed by atoms with Crippen molar-refractivity contribution in [1.82, 2.24) is 4.98 Å². The van der Waals surface area contributed by atoms with Crippen molar-refractivity contribution in [3.63, 3.8) is 0 Å². The molecular weight excluding hydrogens is 282 g/mol. The number of halogens is 1. The topological polar surface area (TPSA) is 85.1 Å². The van der Waals surface area contributed by atoms with E-state index in [1.54, 1.807) is 25.3 Å². The predicted molar refractivity (Wildman–Crippen MR) is 75.0 cm³/mol. The first kappa shape index (κ1) is 14.0. The van der Waals surface area contributed by atoms with Crippen LogP contribution in [0.4, 0.5) is 11.4 Å². The smallest absolute Gasteiger partial charge is 0.287 e. The first-order chi connectivity index (χ1) is 9.49. The van der Waals surface area contributed by atoms with Gasteiger partial charge in [-0.15, -0.1) is 0 Å². The molecule has 0 fully saturated rings. The van der Waals surface area contributed by atoms with Crippen LogP contribution < -0.4 is 5.32 Å². The molecule has 0 saturated carbocycles. The molecule has 0 spiro atoms. The number of nitrogens with one attached hydrogen (secondary N) is 1. The second-order valence-electron chi connectivity index (χ2n) is 4.01. The van der Waals surface area contributed by atoms with Crippen LogP contribution in [0.3, 0.4) is 0 Å². The Hall–Kier alpha value is -2.47. The van der Waals surface area contributed by atoms with E-state index in [-0.39, 0.29) is 16.3 Å². The quantitative estimate of drug-likeness (QED) is 0.695. The normalized spacial score (nSPS) is 10.1. The molecule has 0 radical (unpaired) electrons. The van der Waals surface area contributed by atoms with Gasteiger partial charge in [0, 0.05) is 17.8 Å². The number of benzene rings is 1. The number of nitro benzene ring substituents is 1. The third-order valence-corrected chi connectivity index (χ3v) is 2.96. The molecule has 7 heteroatoms. The van der Waals surface area contributed by atoms with Crippen molar-refractivity contribution in [2.75, 3.05) is 5.32 Å². The van der Waals surface area contributed by atoms with E-state index >= 15 is 0 Å². The number of carbonyl (C=O) groups is 1. The molecule has 20 heavy (non-hydrogen) atoms. The number of carbonyl (C=O) groups excluding carboxylic acids is 1. The van der Waals surface area contributed by atoms with Gasteiger partial charge in [-0.3, -0.25) is 19.9 Å². The third kappa shape index (κ3) is 2.92. The summed E-state index contributed by atoms with van der Waals surface area (Å²) in [5.41, 5.74) is 1.26. The molecule has 1 aromatic heterocycles. The number of nitrogens with zero attached hydrogens (tertiary/aromatic N) is 2. The van der Waals surface area contributed by atoms with Gasteiger partial charge in [0.25, 0.3) is 11.6 Å². The van der Waals surface area contributed by atoms with Gasteiger partial charge in [-0.05, 0) is 31.2 Å². The lowest BCUT2D eigenvalue weighted by molar-refractivity contribution is -0.384. The second kappa shape index (κ2) is 5.66. The number of anilines is 1. The number of pyridine rings is 1. The van der Waals surface area contributed by atoms with E-state index < -0.39 is 10.8 Å². The molecule has 1 heterocycles. The highest BCUT2D eigenvalue weighted by Crippen LogP contribution is 2.25. The minimum atomic E-state index is -0.602. The van der Waals surface area contributed by atoms with Crippen LogP contribution in [0.1, 0.15) is 16.1 Å². The maximum absolute atomic E-state index is 12.0. The molecular formula is C13H10ClN3O3. The Kier molecular flexibility index (Phi) is 3.95. The molecule has 6 nitrogen and oxygen atoms in total. The van der Waals surface area contributed by atoms with Crippen molar-refractivity contribution in [1.29, 1.82) is 0 Å². The average molecular weight is 292 g/mol. The van der Waals surface area contributed by atoms with Gasteiger partial charge < -0.3 is 5.32 Å². The molecule has 0 atom stereocenters. The van der Waals surface area contributed by atoms with Gasteiger partial charge in [-0.25, -0.2) is 0 Å². The standard InChI is InChI=1S/C13H10ClN3O3/c1-8-11(3-2-6-15-8)16-13(18)9-4-5-12(17(19)20)10(14)7-9/h2-7H,1H3,(H,16,18). The number of hydrogen-bond donors (Lipinski definition) is 1. The van der Waals surface area contributed by atoms with Crippen LogP contribution in [0.25, 0.3) is 0 Å². The Morgan fingerprint density at radius 1 is 1.40 bits per heavy atom. The summed E-state index contributed by atoms with van der Waals surface area (Å²) in [4.78, 5) is 26.1. The third-order valence-electron chi connectivity index (χ3n) is 2.66. The lowest BCUT2D eigenvalue weighted by atomic mass is 10.2. The molecule has 0 aliphatic heterocycles. The zero-order valence-corrected chi connectivity index (χ0v) is 11.2. The van der Waals surface area contributed by atoms with Crippen molar-refractivity contribution in [2.24, 2.45) is 0 Å². The Labute approximate surface area is 119 Å². The Morgan fingerprint density at radius 3 is 2.75 bits per heavy atom. The van der Waals surface area contributed by atoms with E-state index in [0.717, 1.165) is 0 Å². The van der Waals surface area contributed by atoms with Gasteiger partial charge in [0.15, 0.2) is 0 Å². The Balaban J connectivity index is 2.24.